The Morgan fingerprint density at radius 1 is 1.21 bits per heavy atom. The first-order valence-corrected chi connectivity index (χ1v) is 5.20. The highest BCUT2D eigenvalue weighted by Gasteiger charge is 2.76. The summed E-state index contributed by atoms with van der Waals surface area (Å²) in [5.74, 6) is 1.51. The lowest BCUT2D eigenvalue weighted by atomic mass is 9.28. The van der Waals surface area contributed by atoms with Gasteiger partial charge in [0, 0.05) is 17.3 Å². The van der Waals surface area contributed by atoms with Crippen molar-refractivity contribution < 1.29 is 9.59 Å². The van der Waals surface area contributed by atoms with Crippen LogP contribution >= 0.6 is 0 Å². The van der Waals surface area contributed by atoms with Crippen molar-refractivity contribution in [3.05, 3.63) is 24.3 Å². The van der Waals surface area contributed by atoms with Gasteiger partial charge in [0.2, 0.25) is 0 Å². The maximum atomic E-state index is 11.7. The van der Waals surface area contributed by atoms with Gasteiger partial charge < -0.3 is 0 Å². The molecular weight excluding hydrogens is 176 g/mol. The maximum Gasteiger partial charge on any atom is 0.160 e. The van der Waals surface area contributed by atoms with E-state index in [2.05, 4.69) is 12.2 Å². The summed E-state index contributed by atoms with van der Waals surface area (Å²) in [7, 11) is 0. The first-order valence-electron chi connectivity index (χ1n) is 5.20. The molecule has 2 heteroatoms. The van der Waals surface area contributed by atoms with Crippen molar-refractivity contribution in [2.24, 2.45) is 29.1 Å². The molecule has 2 saturated carbocycles. The van der Waals surface area contributed by atoms with E-state index in [9.17, 15) is 9.59 Å². The fourth-order valence-electron chi connectivity index (χ4n) is 4.07. The highest BCUT2D eigenvalue weighted by atomic mass is 16.1. The molecule has 1 spiro atoms. The third-order valence-corrected chi connectivity index (χ3v) is 4.79. The number of carbonyl (C=O) groups excluding carboxylic acids is 2. The Labute approximate surface area is 81.7 Å². The highest BCUT2D eigenvalue weighted by Crippen LogP contribution is 2.76. The minimum absolute atomic E-state index is 0.00810. The van der Waals surface area contributed by atoms with Crippen LogP contribution in [0.15, 0.2) is 24.3 Å². The van der Waals surface area contributed by atoms with Gasteiger partial charge in [-0.3, -0.25) is 9.59 Å². The minimum atomic E-state index is 0.00810. The zero-order valence-corrected chi connectivity index (χ0v) is 7.64. The van der Waals surface area contributed by atoms with Gasteiger partial charge in [0.15, 0.2) is 11.6 Å². The molecule has 0 aliphatic heterocycles. The normalized spacial score (nSPS) is 56.3. The summed E-state index contributed by atoms with van der Waals surface area (Å²) in [6.07, 6.45) is 8.47. The Hall–Kier alpha value is -1.18. The Morgan fingerprint density at radius 3 is 2.64 bits per heavy atom. The van der Waals surface area contributed by atoms with Crippen LogP contribution in [-0.4, -0.2) is 11.6 Å². The Kier molecular flexibility index (Phi) is 0.914. The van der Waals surface area contributed by atoms with Crippen molar-refractivity contribution in [2.45, 2.75) is 6.42 Å². The molecule has 0 heterocycles. The number of hydrogen-bond donors (Lipinski definition) is 0. The van der Waals surface area contributed by atoms with Crippen LogP contribution in [0.25, 0.3) is 0 Å². The van der Waals surface area contributed by atoms with E-state index in [0.29, 0.717) is 11.8 Å². The molecule has 0 aromatic heterocycles. The van der Waals surface area contributed by atoms with Gasteiger partial charge in [-0.15, -0.1) is 0 Å². The van der Waals surface area contributed by atoms with Crippen molar-refractivity contribution in [1.82, 2.24) is 0 Å². The summed E-state index contributed by atoms with van der Waals surface area (Å²) in [5, 5.41) is 0. The number of ketones is 2. The van der Waals surface area contributed by atoms with Crippen molar-refractivity contribution in [3.63, 3.8) is 0 Å². The lowest BCUT2D eigenvalue weighted by Crippen LogP contribution is -2.74. The second-order valence-electron chi connectivity index (χ2n) is 4.95. The van der Waals surface area contributed by atoms with Gasteiger partial charge in [0.1, 0.15) is 0 Å². The molecule has 0 N–H and O–H groups in total. The summed E-state index contributed by atoms with van der Waals surface area (Å²) >= 11 is 0. The van der Waals surface area contributed by atoms with Crippen LogP contribution in [0.3, 0.4) is 0 Å². The van der Waals surface area contributed by atoms with Gasteiger partial charge in [-0.05, 0) is 30.4 Å². The largest absolute Gasteiger partial charge is 0.295 e. The summed E-state index contributed by atoms with van der Waals surface area (Å²) in [6.45, 7) is 0. The van der Waals surface area contributed by atoms with E-state index in [0.717, 1.165) is 6.42 Å². The van der Waals surface area contributed by atoms with Crippen LogP contribution in [0.2, 0.25) is 0 Å². The summed E-state index contributed by atoms with van der Waals surface area (Å²) in [5.41, 5.74) is 0.141. The van der Waals surface area contributed by atoms with E-state index >= 15 is 0 Å². The van der Waals surface area contributed by atoms with Gasteiger partial charge in [0.25, 0.3) is 0 Å². The van der Waals surface area contributed by atoms with Crippen molar-refractivity contribution in [1.29, 1.82) is 0 Å². The van der Waals surface area contributed by atoms with Crippen molar-refractivity contribution >= 4 is 11.6 Å². The zero-order valence-electron chi connectivity index (χ0n) is 7.64. The van der Waals surface area contributed by atoms with Crippen molar-refractivity contribution in [3.8, 4) is 0 Å². The summed E-state index contributed by atoms with van der Waals surface area (Å²) in [6, 6.07) is 0. The molecule has 0 aromatic rings. The van der Waals surface area contributed by atoms with E-state index in [-0.39, 0.29) is 28.8 Å². The molecular formula is C12H10O2. The number of rotatable bonds is 0. The molecule has 0 bridgehead atoms. The SMILES string of the molecule is O=C1C=CC(=O)[C@H]2[C@H]1[C@@H]1C[C@@H]3C=C[C@@]312. The van der Waals surface area contributed by atoms with Crippen molar-refractivity contribution in [2.75, 3.05) is 0 Å². The van der Waals surface area contributed by atoms with Gasteiger partial charge in [0.05, 0.1) is 0 Å². The molecule has 14 heavy (non-hydrogen) atoms. The minimum Gasteiger partial charge on any atom is -0.295 e. The topological polar surface area (TPSA) is 34.1 Å². The third kappa shape index (κ3) is 0.456. The Bertz CT molecular complexity index is 432. The van der Waals surface area contributed by atoms with E-state index in [1.807, 2.05) is 0 Å². The number of carbonyl (C=O) groups is 2. The van der Waals surface area contributed by atoms with E-state index in [1.54, 1.807) is 0 Å². The van der Waals surface area contributed by atoms with Gasteiger partial charge in [-0.25, -0.2) is 0 Å². The Balaban J connectivity index is 1.85. The van der Waals surface area contributed by atoms with Crippen LogP contribution in [0.1, 0.15) is 6.42 Å². The Morgan fingerprint density at radius 2 is 2.00 bits per heavy atom. The van der Waals surface area contributed by atoms with Crippen LogP contribution < -0.4 is 0 Å². The monoisotopic (exact) mass is 186 g/mol. The second-order valence-corrected chi connectivity index (χ2v) is 4.95. The van der Waals surface area contributed by atoms with E-state index in [1.165, 1.54) is 12.2 Å². The molecule has 4 rings (SSSR count). The standard InChI is InChI=1S/C12H10O2/c13-8-1-2-9(14)11-10(8)7-5-6-3-4-12(6,7)11/h1-4,6-7,10-11H,5H2/t6-,7-,10-,11-,12+/m0/s1. The molecule has 0 saturated heterocycles. The quantitative estimate of drug-likeness (QED) is 0.531. The predicted molar refractivity (Wildman–Crippen MR) is 49.3 cm³/mol. The molecule has 5 atom stereocenters. The van der Waals surface area contributed by atoms with Crippen LogP contribution in [-0.2, 0) is 9.59 Å². The van der Waals surface area contributed by atoms with E-state index < -0.39 is 0 Å². The lowest BCUT2D eigenvalue weighted by Gasteiger charge is -2.74. The zero-order chi connectivity index (χ0) is 9.50. The number of allylic oxidation sites excluding steroid dienone is 4. The molecule has 4 aliphatic carbocycles. The average molecular weight is 186 g/mol. The smallest absolute Gasteiger partial charge is 0.160 e. The first-order chi connectivity index (χ1) is 6.75. The number of hydrogen-bond acceptors (Lipinski definition) is 2. The first kappa shape index (κ1) is 7.16. The molecule has 2 fully saturated rings. The van der Waals surface area contributed by atoms with Gasteiger partial charge in [-0.2, -0.15) is 0 Å². The molecule has 70 valence electrons. The second kappa shape index (κ2) is 1.79. The fraction of sp³-hybridized carbons (Fsp3) is 0.500. The average Bonchev–Trinajstić information content (AvgIpc) is 2.10. The van der Waals surface area contributed by atoms with Gasteiger partial charge >= 0.3 is 0 Å². The molecule has 2 nitrogen and oxygen atoms in total. The van der Waals surface area contributed by atoms with Gasteiger partial charge in [-0.1, -0.05) is 12.2 Å². The maximum absolute atomic E-state index is 11.7. The third-order valence-electron chi connectivity index (χ3n) is 4.79. The molecule has 4 aliphatic rings. The molecule has 0 radical (unpaired) electrons. The van der Waals surface area contributed by atoms with Crippen LogP contribution in [0.4, 0.5) is 0 Å². The fourth-order valence-corrected chi connectivity index (χ4v) is 4.07. The molecule has 0 unspecified atom stereocenters. The van der Waals surface area contributed by atoms with E-state index in [4.69, 9.17) is 0 Å². The molecule has 0 aromatic carbocycles. The van der Waals surface area contributed by atoms with Crippen LogP contribution in [0.5, 0.6) is 0 Å². The molecule has 0 amide bonds. The predicted octanol–water partition coefficient (Wildman–Crippen LogP) is 1.13. The number of fused-ring (bicyclic) bond motifs is 2. The summed E-state index contributed by atoms with van der Waals surface area (Å²) in [4.78, 5) is 23.3. The van der Waals surface area contributed by atoms with Crippen LogP contribution in [0, 0.1) is 29.1 Å². The summed E-state index contributed by atoms with van der Waals surface area (Å²) < 4.78 is 0. The highest BCUT2D eigenvalue weighted by molar-refractivity contribution is 6.10. The lowest BCUT2D eigenvalue weighted by molar-refractivity contribution is -0.210.